The Bertz CT molecular complexity index is 934. The monoisotopic (exact) mass is 894 g/mol. The lowest BCUT2D eigenvalue weighted by molar-refractivity contribution is -0.138. The third-order valence-electron chi connectivity index (χ3n) is 5.80. The molecule has 0 aromatic heterocycles. The van der Waals surface area contributed by atoms with Gasteiger partial charge in [0, 0.05) is 32.1 Å². The molecule has 0 aliphatic rings. The molecule has 0 atom stereocenters. The summed E-state index contributed by atoms with van der Waals surface area (Å²) in [4.78, 5) is 12.0. The predicted octanol–water partition coefficient (Wildman–Crippen LogP) is 10.4. The zero-order valence-corrected chi connectivity index (χ0v) is 46.5. The first-order valence-electron chi connectivity index (χ1n) is 18.4. The van der Waals surface area contributed by atoms with Crippen molar-refractivity contribution >= 4 is 91.1 Å². The second kappa shape index (κ2) is 19.4. The van der Waals surface area contributed by atoms with Crippen LogP contribution in [-0.2, 0) is 46.6 Å². The first-order chi connectivity index (χ1) is 22.3. The Kier molecular flexibility index (Phi) is 19.8. The quantitative estimate of drug-likeness (QED) is 0.0358. The van der Waals surface area contributed by atoms with E-state index in [1.807, 2.05) is 19.6 Å². The van der Waals surface area contributed by atoms with E-state index in [4.69, 9.17) is 41.8 Å². The number of esters is 1. The Morgan fingerprint density at radius 1 is 0.412 bits per heavy atom. The van der Waals surface area contributed by atoms with Gasteiger partial charge in [-0.2, -0.15) is 0 Å². The second-order valence-electron chi connectivity index (χ2n) is 19.4. The highest BCUT2D eigenvalue weighted by atomic mass is 28.6. The van der Waals surface area contributed by atoms with Crippen LogP contribution < -0.4 is 0 Å². The minimum absolute atomic E-state index is 0.278. The fourth-order valence-electron chi connectivity index (χ4n) is 5.70. The van der Waals surface area contributed by atoms with Gasteiger partial charge in [-0.25, -0.2) is 0 Å². The second-order valence-corrected chi connectivity index (χ2v) is 59.2. The number of hydrogen-bond donors (Lipinski definition) is 0. The molecule has 0 radical (unpaired) electrons. The zero-order chi connectivity index (χ0) is 40.6. The first-order valence-corrected chi connectivity index (χ1v) is 47.5. The lowest BCUT2D eigenvalue weighted by Crippen LogP contribution is -2.71. The highest BCUT2D eigenvalue weighted by Crippen LogP contribution is 2.37. The van der Waals surface area contributed by atoms with E-state index in [0.717, 1.165) is 12.8 Å². The molecule has 0 spiro atoms. The standard InChI is InChI=1S/C30H78O11Si10/c1-23-32-30(31)28-26-24-25-27-29-51(39-48(20,33-42(2,3)4)34-43(5,6)7,40-49(21,35-44(8,9)10)36-45(11,12)13)41-50(22,37-46(14,15)16)38-47(17,18)19/h23H,1,24-29H2,2-22H3. The summed E-state index contributed by atoms with van der Waals surface area (Å²) >= 11 is 0. The Hall–Kier alpha value is 1.02. The summed E-state index contributed by atoms with van der Waals surface area (Å²) in [6.07, 6.45) is 4.55. The summed E-state index contributed by atoms with van der Waals surface area (Å²) in [6, 6.07) is 0.455. The van der Waals surface area contributed by atoms with E-state index in [0.29, 0.717) is 25.3 Å². The van der Waals surface area contributed by atoms with Gasteiger partial charge in [0.25, 0.3) is 0 Å². The molecule has 0 heterocycles. The Balaban J connectivity index is 7.71. The summed E-state index contributed by atoms with van der Waals surface area (Å²) in [7, 11) is -27.6. The van der Waals surface area contributed by atoms with Crippen molar-refractivity contribution in [2.75, 3.05) is 0 Å². The van der Waals surface area contributed by atoms with Crippen LogP contribution in [0.4, 0.5) is 0 Å². The summed E-state index contributed by atoms with van der Waals surface area (Å²) in [5.41, 5.74) is 0. The number of unbranched alkanes of at least 4 members (excludes halogenated alkanes) is 3. The van der Waals surface area contributed by atoms with Crippen LogP contribution in [0.25, 0.3) is 0 Å². The molecular formula is C30H78O11Si10. The zero-order valence-electron chi connectivity index (χ0n) is 36.5. The first kappa shape index (κ1) is 52.0. The predicted molar refractivity (Wildman–Crippen MR) is 235 cm³/mol. The molecule has 0 bridgehead atoms. The molecule has 0 aliphatic carbocycles. The molecule has 0 aromatic carbocycles. The van der Waals surface area contributed by atoms with Crippen molar-refractivity contribution in [1.29, 1.82) is 0 Å². The van der Waals surface area contributed by atoms with Gasteiger partial charge in [-0.15, -0.1) is 0 Å². The normalized spacial score (nSPS) is 14.9. The largest absolute Gasteiger partial charge is 0.478 e. The maximum Gasteiger partial charge on any atom is 0.478 e. The molecular weight excluding hydrogens is 817 g/mol. The van der Waals surface area contributed by atoms with Crippen LogP contribution in [0.15, 0.2) is 12.8 Å². The van der Waals surface area contributed by atoms with Gasteiger partial charge in [0.2, 0.25) is 0 Å². The topological polar surface area (TPSA) is 109 Å². The van der Waals surface area contributed by atoms with Crippen LogP contribution in [-0.4, -0.2) is 91.1 Å². The minimum Gasteiger partial charge on any atom is -0.435 e. The average Bonchev–Trinajstić information content (AvgIpc) is 2.72. The number of carbonyl (C=O) groups is 1. The maximum absolute atomic E-state index is 12.0. The molecule has 11 nitrogen and oxygen atoms in total. The van der Waals surface area contributed by atoms with E-state index in [2.05, 4.69) is 124 Å². The Morgan fingerprint density at radius 3 is 0.902 bits per heavy atom. The molecule has 0 fully saturated rings. The van der Waals surface area contributed by atoms with Crippen molar-refractivity contribution < 1.29 is 46.6 Å². The highest BCUT2D eigenvalue weighted by molar-refractivity contribution is 6.95. The van der Waals surface area contributed by atoms with Gasteiger partial charge in [-0.1, -0.05) is 19.4 Å². The summed E-state index contributed by atoms with van der Waals surface area (Å²) < 4.78 is 69.2. The maximum atomic E-state index is 12.0. The fraction of sp³-hybridized carbons (Fsp3) is 0.900. The van der Waals surface area contributed by atoms with Gasteiger partial charge in [0.05, 0.1) is 6.26 Å². The number of carbonyl (C=O) groups excluding carboxylic acids is 1. The highest BCUT2D eigenvalue weighted by Gasteiger charge is 2.63. The van der Waals surface area contributed by atoms with Gasteiger partial charge >= 0.3 is 41.2 Å². The van der Waals surface area contributed by atoms with Crippen LogP contribution in [0.5, 0.6) is 0 Å². The van der Waals surface area contributed by atoms with E-state index in [1.165, 1.54) is 6.26 Å². The summed E-state index contributed by atoms with van der Waals surface area (Å²) in [5, 5.41) is 0. The molecule has 0 aliphatic heterocycles. The van der Waals surface area contributed by atoms with Crippen molar-refractivity contribution in [2.45, 2.75) is 176 Å². The molecule has 21 heteroatoms. The van der Waals surface area contributed by atoms with E-state index in [9.17, 15) is 4.79 Å². The molecule has 0 unspecified atom stereocenters. The number of ether oxygens (including phenoxy) is 1. The third kappa shape index (κ3) is 26.5. The smallest absolute Gasteiger partial charge is 0.435 e. The minimum atomic E-state index is -3.93. The molecule has 0 rings (SSSR count). The van der Waals surface area contributed by atoms with Crippen LogP contribution in [0.3, 0.4) is 0 Å². The van der Waals surface area contributed by atoms with E-state index < -0.39 is 85.1 Å². The van der Waals surface area contributed by atoms with Crippen LogP contribution in [0.1, 0.15) is 32.1 Å². The lowest BCUT2D eigenvalue weighted by Gasteiger charge is -2.49. The van der Waals surface area contributed by atoms with Gasteiger partial charge in [-0.05, 0) is 131 Å². The van der Waals surface area contributed by atoms with Crippen molar-refractivity contribution in [2.24, 2.45) is 0 Å². The van der Waals surface area contributed by atoms with Gasteiger partial charge in [0.1, 0.15) is 0 Å². The molecule has 0 amide bonds. The average molecular weight is 896 g/mol. The van der Waals surface area contributed by atoms with Crippen molar-refractivity contribution in [3.8, 4) is 0 Å². The van der Waals surface area contributed by atoms with Gasteiger partial charge in [0.15, 0.2) is 49.9 Å². The fourth-order valence-corrected chi connectivity index (χ4v) is 47.6. The SMILES string of the molecule is C=COC(=O)CCCCCC[Si](O[Si](C)(O[Si](C)(C)C)O[Si](C)(C)C)(O[Si](C)(O[Si](C)(C)C)O[Si](C)(C)C)O[Si](C)(O[Si](C)(C)C)O[Si](C)(C)C. The third-order valence-corrected chi connectivity index (χ3v) is 38.5. The number of rotatable bonds is 26. The summed E-state index contributed by atoms with van der Waals surface area (Å²) in [5.74, 6) is -0.278. The van der Waals surface area contributed by atoms with Crippen molar-refractivity contribution in [1.82, 2.24) is 0 Å². The van der Waals surface area contributed by atoms with Crippen LogP contribution in [0, 0.1) is 0 Å². The molecule has 51 heavy (non-hydrogen) atoms. The van der Waals surface area contributed by atoms with Crippen molar-refractivity contribution in [3.63, 3.8) is 0 Å². The Labute approximate surface area is 324 Å². The van der Waals surface area contributed by atoms with Crippen LogP contribution >= 0.6 is 0 Å². The van der Waals surface area contributed by atoms with Crippen molar-refractivity contribution in [3.05, 3.63) is 12.8 Å². The molecule has 0 saturated heterocycles. The van der Waals surface area contributed by atoms with E-state index >= 15 is 0 Å². The molecule has 0 N–H and O–H groups in total. The summed E-state index contributed by atoms with van der Waals surface area (Å²) in [6.45, 7) is 48.2. The lowest BCUT2D eigenvalue weighted by atomic mass is 10.1. The van der Waals surface area contributed by atoms with E-state index in [1.54, 1.807) is 0 Å². The Morgan fingerprint density at radius 2 is 0.667 bits per heavy atom. The number of hydrogen-bond acceptors (Lipinski definition) is 11. The molecule has 0 aromatic rings. The van der Waals surface area contributed by atoms with Gasteiger partial charge in [-0.3, -0.25) is 4.79 Å². The van der Waals surface area contributed by atoms with Gasteiger partial charge < -0.3 is 41.8 Å². The molecule has 0 saturated carbocycles. The van der Waals surface area contributed by atoms with E-state index in [-0.39, 0.29) is 5.97 Å². The van der Waals surface area contributed by atoms with Crippen LogP contribution in [0.2, 0.25) is 144 Å². The molecule has 304 valence electrons.